The SMILES string of the molecule is CC(C)c1cc(C(=O)OC(C)c2nnc(-c3ccc([N+](=O)[O-])cc3)o2)c2ccccc2n1. The topological polar surface area (TPSA) is 121 Å². The summed E-state index contributed by atoms with van der Waals surface area (Å²) in [6, 6.07) is 14.9. The maximum Gasteiger partial charge on any atom is 0.339 e. The molecule has 0 radical (unpaired) electrons. The van der Waals surface area contributed by atoms with Crippen molar-refractivity contribution in [3.05, 3.63) is 81.9 Å². The van der Waals surface area contributed by atoms with E-state index in [2.05, 4.69) is 15.2 Å². The number of rotatable bonds is 6. The molecule has 0 aliphatic heterocycles. The van der Waals surface area contributed by atoms with Crippen molar-refractivity contribution < 1.29 is 18.9 Å². The zero-order valence-electron chi connectivity index (χ0n) is 17.7. The van der Waals surface area contributed by atoms with Gasteiger partial charge in [-0.3, -0.25) is 15.1 Å². The number of non-ortho nitro benzene ring substituents is 1. The standard InChI is InChI=1S/C23H20N4O5/c1-13(2)20-12-18(17-6-4-5-7-19(17)24-20)23(28)31-14(3)21-25-26-22(32-21)15-8-10-16(11-9-15)27(29)30/h4-14H,1-3H3. The highest BCUT2D eigenvalue weighted by Gasteiger charge is 2.22. The van der Waals surface area contributed by atoms with Gasteiger partial charge in [-0.05, 0) is 37.1 Å². The van der Waals surface area contributed by atoms with Gasteiger partial charge in [0.25, 0.3) is 11.6 Å². The van der Waals surface area contributed by atoms with Crippen molar-refractivity contribution in [1.82, 2.24) is 15.2 Å². The number of carbonyl (C=O) groups excluding carboxylic acids is 1. The number of nitro benzene ring substituents is 1. The lowest BCUT2D eigenvalue weighted by molar-refractivity contribution is -0.384. The number of carbonyl (C=O) groups is 1. The van der Waals surface area contributed by atoms with E-state index >= 15 is 0 Å². The van der Waals surface area contributed by atoms with Crippen LogP contribution in [0, 0.1) is 10.1 Å². The van der Waals surface area contributed by atoms with Gasteiger partial charge in [-0.1, -0.05) is 32.0 Å². The monoisotopic (exact) mass is 432 g/mol. The van der Waals surface area contributed by atoms with Crippen LogP contribution in [0.3, 0.4) is 0 Å². The van der Waals surface area contributed by atoms with Crippen molar-refractivity contribution in [3.63, 3.8) is 0 Å². The molecule has 4 aromatic rings. The van der Waals surface area contributed by atoms with E-state index in [9.17, 15) is 14.9 Å². The number of pyridine rings is 1. The first-order valence-corrected chi connectivity index (χ1v) is 10.0. The maximum absolute atomic E-state index is 13.0. The molecule has 0 saturated heterocycles. The van der Waals surface area contributed by atoms with Gasteiger partial charge in [0.1, 0.15) is 0 Å². The van der Waals surface area contributed by atoms with Crippen LogP contribution in [0.25, 0.3) is 22.4 Å². The molecule has 2 heterocycles. The van der Waals surface area contributed by atoms with Crippen molar-refractivity contribution in [1.29, 1.82) is 0 Å². The quantitative estimate of drug-likeness (QED) is 0.230. The first-order chi connectivity index (χ1) is 15.3. The lowest BCUT2D eigenvalue weighted by Crippen LogP contribution is -2.11. The lowest BCUT2D eigenvalue weighted by atomic mass is 10.0. The van der Waals surface area contributed by atoms with Gasteiger partial charge in [0.2, 0.25) is 5.89 Å². The summed E-state index contributed by atoms with van der Waals surface area (Å²) < 4.78 is 11.2. The van der Waals surface area contributed by atoms with Gasteiger partial charge in [-0.25, -0.2) is 4.79 Å². The molecule has 1 atom stereocenters. The second-order valence-electron chi connectivity index (χ2n) is 7.56. The van der Waals surface area contributed by atoms with Crippen LogP contribution < -0.4 is 0 Å². The number of nitro groups is 1. The molecule has 0 bridgehead atoms. The minimum absolute atomic E-state index is 0.0406. The lowest BCUT2D eigenvalue weighted by Gasteiger charge is -2.13. The summed E-state index contributed by atoms with van der Waals surface area (Å²) in [5.41, 5.74) is 2.41. The molecule has 2 aromatic heterocycles. The van der Waals surface area contributed by atoms with Crippen LogP contribution in [-0.2, 0) is 4.74 Å². The highest BCUT2D eigenvalue weighted by atomic mass is 16.6. The summed E-state index contributed by atoms with van der Waals surface area (Å²) in [5, 5.41) is 19.4. The second kappa shape index (κ2) is 8.54. The van der Waals surface area contributed by atoms with E-state index in [0.717, 1.165) is 11.2 Å². The van der Waals surface area contributed by atoms with Gasteiger partial charge in [-0.15, -0.1) is 10.2 Å². The number of benzene rings is 2. The summed E-state index contributed by atoms with van der Waals surface area (Å²) in [6.45, 7) is 5.65. The molecular formula is C23H20N4O5. The Balaban J connectivity index is 1.57. The van der Waals surface area contributed by atoms with Crippen LogP contribution in [0.1, 0.15) is 54.7 Å². The highest BCUT2D eigenvalue weighted by molar-refractivity contribution is 6.03. The first-order valence-electron chi connectivity index (χ1n) is 10.0. The molecular weight excluding hydrogens is 412 g/mol. The number of esters is 1. The molecule has 9 heteroatoms. The van der Waals surface area contributed by atoms with E-state index in [1.165, 1.54) is 24.3 Å². The van der Waals surface area contributed by atoms with Gasteiger partial charge in [-0.2, -0.15) is 0 Å². The van der Waals surface area contributed by atoms with Gasteiger partial charge < -0.3 is 9.15 Å². The average molecular weight is 432 g/mol. The van der Waals surface area contributed by atoms with E-state index in [0.29, 0.717) is 16.5 Å². The number of aromatic nitrogens is 3. The summed E-state index contributed by atoms with van der Waals surface area (Å²) >= 11 is 0. The van der Waals surface area contributed by atoms with Crippen molar-refractivity contribution in [2.75, 3.05) is 0 Å². The third kappa shape index (κ3) is 4.18. The van der Waals surface area contributed by atoms with Gasteiger partial charge >= 0.3 is 5.97 Å². The summed E-state index contributed by atoms with van der Waals surface area (Å²) in [7, 11) is 0. The minimum atomic E-state index is -0.795. The molecule has 2 aromatic carbocycles. The predicted octanol–water partition coefficient (Wildman–Crippen LogP) is 5.23. The fourth-order valence-electron chi connectivity index (χ4n) is 3.18. The Labute approximate surface area is 183 Å². The van der Waals surface area contributed by atoms with Crippen molar-refractivity contribution in [3.8, 4) is 11.5 Å². The Morgan fingerprint density at radius 2 is 1.78 bits per heavy atom. The molecule has 0 aliphatic carbocycles. The molecule has 0 fully saturated rings. The fourth-order valence-corrected chi connectivity index (χ4v) is 3.18. The Morgan fingerprint density at radius 3 is 2.47 bits per heavy atom. The third-order valence-corrected chi connectivity index (χ3v) is 4.94. The fraction of sp³-hybridized carbons (Fsp3) is 0.217. The molecule has 0 spiro atoms. The van der Waals surface area contributed by atoms with Crippen LogP contribution in [-0.4, -0.2) is 26.1 Å². The molecule has 32 heavy (non-hydrogen) atoms. The number of hydrogen-bond donors (Lipinski definition) is 0. The highest BCUT2D eigenvalue weighted by Crippen LogP contribution is 2.27. The smallest absolute Gasteiger partial charge is 0.339 e. The molecule has 9 nitrogen and oxygen atoms in total. The number of hydrogen-bond acceptors (Lipinski definition) is 8. The van der Waals surface area contributed by atoms with Crippen LogP contribution in [0.15, 0.2) is 59.0 Å². The summed E-state index contributed by atoms with van der Waals surface area (Å²) in [6.07, 6.45) is -0.795. The Bertz CT molecular complexity index is 1300. The Kier molecular flexibility index (Phi) is 5.63. The number of nitrogens with zero attached hydrogens (tertiary/aromatic N) is 4. The van der Waals surface area contributed by atoms with E-state index in [1.54, 1.807) is 13.0 Å². The van der Waals surface area contributed by atoms with Crippen LogP contribution in [0.5, 0.6) is 0 Å². The van der Waals surface area contributed by atoms with Crippen molar-refractivity contribution in [2.24, 2.45) is 0 Å². The van der Waals surface area contributed by atoms with Gasteiger partial charge in [0, 0.05) is 28.8 Å². The number of fused-ring (bicyclic) bond motifs is 1. The maximum atomic E-state index is 13.0. The Hall–Kier alpha value is -4.14. The van der Waals surface area contributed by atoms with Gasteiger partial charge in [0.05, 0.1) is 16.0 Å². The van der Waals surface area contributed by atoms with E-state index < -0.39 is 17.0 Å². The molecule has 162 valence electrons. The summed E-state index contributed by atoms with van der Waals surface area (Å²) in [5.74, 6) is -0.0831. The molecule has 0 saturated carbocycles. The largest absolute Gasteiger partial charge is 0.449 e. The first kappa shape index (κ1) is 21.1. The van der Waals surface area contributed by atoms with Crippen molar-refractivity contribution >= 4 is 22.6 Å². The normalized spacial score (nSPS) is 12.1. The zero-order valence-corrected chi connectivity index (χ0v) is 17.7. The Morgan fingerprint density at radius 1 is 1.06 bits per heavy atom. The molecule has 1 unspecified atom stereocenters. The van der Waals surface area contributed by atoms with Gasteiger partial charge in [0.15, 0.2) is 6.10 Å². The van der Waals surface area contributed by atoms with E-state index in [-0.39, 0.29) is 23.4 Å². The number of ether oxygens (including phenoxy) is 1. The van der Waals surface area contributed by atoms with E-state index in [4.69, 9.17) is 9.15 Å². The van der Waals surface area contributed by atoms with Crippen LogP contribution >= 0.6 is 0 Å². The minimum Gasteiger partial charge on any atom is -0.449 e. The molecule has 4 rings (SSSR count). The third-order valence-electron chi connectivity index (χ3n) is 4.94. The average Bonchev–Trinajstić information content (AvgIpc) is 3.28. The second-order valence-corrected chi connectivity index (χ2v) is 7.56. The number of para-hydroxylation sites is 1. The van der Waals surface area contributed by atoms with Crippen LogP contribution in [0.4, 0.5) is 5.69 Å². The molecule has 0 amide bonds. The van der Waals surface area contributed by atoms with E-state index in [1.807, 2.05) is 38.1 Å². The zero-order chi connectivity index (χ0) is 22.8. The predicted molar refractivity (Wildman–Crippen MR) is 116 cm³/mol. The molecule has 0 N–H and O–H groups in total. The van der Waals surface area contributed by atoms with Crippen molar-refractivity contribution in [2.45, 2.75) is 32.8 Å². The molecule has 0 aliphatic rings. The van der Waals surface area contributed by atoms with Crippen LogP contribution in [0.2, 0.25) is 0 Å². The summed E-state index contributed by atoms with van der Waals surface area (Å²) in [4.78, 5) is 27.9.